The largest absolute Gasteiger partial charge is 0.350 e. The smallest absolute Gasteiger partial charge is 0.255 e. The van der Waals surface area contributed by atoms with Crippen molar-refractivity contribution in [3.05, 3.63) is 24.0 Å². The molecule has 0 aliphatic carbocycles. The van der Waals surface area contributed by atoms with E-state index in [1.807, 2.05) is 20.8 Å². The van der Waals surface area contributed by atoms with Crippen molar-refractivity contribution < 1.29 is 9.59 Å². The number of nitrogens with two attached hydrogens (primary N) is 1. The number of carbonyl (C=O) groups excluding carboxylic acids is 2. The average molecular weight is 279 g/mol. The van der Waals surface area contributed by atoms with E-state index < -0.39 is 11.9 Å². The second-order valence-electron chi connectivity index (χ2n) is 5.50. The first-order chi connectivity index (χ1) is 9.24. The summed E-state index contributed by atoms with van der Waals surface area (Å²) >= 11 is 0. The third kappa shape index (κ3) is 4.51. The number of nitrogens with zero attached hydrogens (tertiary/aromatic N) is 1. The van der Waals surface area contributed by atoms with E-state index in [0.717, 1.165) is 0 Å². The van der Waals surface area contributed by atoms with Crippen molar-refractivity contribution in [1.29, 1.82) is 0 Å². The van der Waals surface area contributed by atoms with E-state index in [9.17, 15) is 9.59 Å². The van der Waals surface area contributed by atoms with E-state index in [1.165, 1.54) is 12.4 Å². The second kappa shape index (κ2) is 6.33. The zero-order valence-electron chi connectivity index (χ0n) is 12.2. The van der Waals surface area contributed by atoms with Crippen LogP contribution in [0.2, 0.25) is 0 Å². The highest BCUT2D eigenvalue weighted by molar-refractivity contribution is 6.01. The summed E-state index contributed by atoms with van der Waals surface area (Å²) in [6, 6.07) is 0.919. The van der Waals surface area contributed by atoms with Gasteiger partial charge in [-0.1, -0.05) is 0 Å². The lowest BCUT2D eigenvalue weighted by Gasteiger charge is -2.23. The molecule has 1 atom stereocenters. The highest BCUT2D eigenvalue weighted by atomic mass is 16.2. The van der Waals surface area contributed by atoms with E-state index in [2.05, 4.69) is 21.0 Å². The number of carbonyl (C=O) groups is 2. The maximum atomic E-state index is 12.1. The van der Waals surface area contributed by atoms with Crippen molar-refractivity contribution in [2.45, 2.75) is 39.3 Å². The summed E-state index contributed by atoms with van der Waals surface area (Å²) in [7, 11) is 0. The van der Waals surface area contributed by atoms with Gasteiger partial charge in [0.25, 0.3) is 5.91 Å². The number of anilines is 1. The Morgan fingerprint density at radius 3 is 2.55 bits per heavy atom. The number of hydrogen-bond acceptors (Lipinski definition) is 5. The van der Waals surface area contributed by atoms with Crippen LogP contribution < -0.4 is 21.9 Å². The molecule has 2 amide bonds. The topological polar surface area (TPSA) is 109 Å². The van der Waals surface area contributed by atoms with Crippen molar-refractivity contribution in [2.75, 3.05) is 5.43 Å². The highest BCUT2D eigenvalue weighted by Crippen LogP contribution is 2.11. The molecule has 0 fully saturated rings. The molecule has 1 aromatic rings. The molecule has 1 unspecified atom stereocenters. The Hall–Kier alpha value is -2.15. The monoisotopic (exact) mass is 279 g/mol. The maximum absolute atomic E-state index is 12.1. The minimum Gasteiger partial charge on any atom is -0.350 e. The number of hydrazine groups is 1. The molecular formula is C13H21N5O2. The van der Waals surface area contributed by atoms with Gasteiger partial charge < -0.3 is 16.1 Å². The van der Waals surface area contributed by atoms with Crippen molar-refractivity contribution in [3.63, 3.8) is 0 Å². The van der Waals surface area contributed by atoms with Crippen LogP contribution in [0.4, 0.5) is 5.69 Å². The van der Waals surface area contributed by atoms with Gasteiger partial charge in [-0.15, -0.1) is 0 Å². The first-order valence-corrected chi connectivity index (χ1v) is 6.28. The minimum atomic E-state index is -0.660. The van der Waals surface area contributed by atoms with Crippen LogP contribution in [0, 0.1) is 0 Å². The summed E-state index contributed by atoms with van der Waals surface area (Å²) in [6.07, 6.45) is 2.90. The van der Waals surface area contributed by atoms with E-state index in [1.54, 1.807) is 13.0 Å². The van der Waals surface area contributed by atoms with E-state index >= 15 is 0 Å². The molecular weight excluding hydrogens is 258 g/mol. The van der Waals surface area contributed by atoms with Crippen LogP contribution in [0.25, 0.3) is 0 Å². The van der Waals surface area contributed by atoms with Crippen molar-refractivity contribution in [1.82, 2.24) is 15.6 Å². The van der Waals surface area contributed by atoms with E-state index in [0.29, 0.717) is 5.69 Å². The number of hydrogen-bond donors (Lipinski definition) is 4. The van der Waals surface area contributed by atoms with Gasteiger partial charge in [0, 0.05) is 17.9 Å². The average Bonchev–Trinajstić information content (AvgIpc) is 2.36. The van der Waals surface area contributed by atoms with Gasteiger partial charge in [0.05, 0.1) is 11.3 Å². The molecule has 20 heavy (non-hydrogen) atoms. The summed E-state index contributed by atoms with van der Waals surface area (Å²) in [5, 5.41) is 5.40. The summed E-state index contributed by atoms with van der Waals surface area (Å²) < 4.78 is 0. The normalized spacial score (nSPS) is 12.4. The highest BCUT2D eigenvalue weighted by Gasteiger charge is 2.22. The lowest BCUT2D eigenvalue weighted by molar-refractivity contribution is -0.124. The third-order valence-electron chi connectivity index (χ3n) is 2.46. The van der Waals surface area contributed by atoms with Crippen molar-refractivity contribution >= 4 is 17.5 Å². The number of amides is 2. The molecule has 1 heterocycles. The fourth-order valence-electron chi connectivity index (χ4n) is 1.52. The fraction of sp³-hybridized carbons (Fsp3) is 0.462. The van der Waals surface area contributed by atoms with Crippen LogP contribution in [0.5, 0.6) is 0 Å². The molecule has 0 aliphatic rings. The summed E-state index contributed by atoms with van der Waals surface area (Å²) in [5.74, 6) is 4.66. The molecule has 0 spiro atoms. The van der Waals surface area contributed by atoms with Gasteiger partial charge in [-0.05, 0) is 33.8 Å². The van der Waals surface area contributed by atoms with Gasteiger partial charge in [0.1, 0.15) is 6.04 Å². The first kappa shape index (κ1) is 15.9. The molecule has 7 heteroatoms. The van der Waals surface area contributed by atoms with Crippen molar-refractivity contribution in [3.8, 4) is 0 Å². The van der Waals surface area contributed by atoms with Gasteiger partial charge in [0.2, 0.25) is 5.91 Å². The number of nitrogen functional groups attached to an aromatic ring is 1. The Morgan fingerprint density at radius 2 is 2.00 bits per heavy atom. The zero-order valence-corrected chi connectivity index (χ0v) is 12.2. The Balaban J connectivity index is 2.73. The molecule has 0 radical (unpaired) electrons. The van der Waals surface area contributed by atoms with Crippen LogP contribution in [0.1, 0.15) is 38.1 Å². The van der Waals surface area contributed by atoms with Crippen LogP contribution in [0.3, 0.4) is 0 Å². The predicted molar refractivity (Wildman–Crippen MR) is 76.9 cm³/mol. The Bertz CT molecular complexity index is 496. The lowest BCUT2D eigenvalue weighted by Crippen LogP contribution is -2.50. The predicted octanol–water partition coefficient (Wildman–Crippen LogP) is 0.400. The molecule has 1 aromatic heterocycles. The van der Waals surface area contributed by atoms with Gasteiger partial charge >= 0.3 is 0 Å². The van der Waals surface area contributed by atoms with Gasteiger partial charge in [0.15, 0.2) is 0 Å². The summed E-state index contributed by atoms with van der Waals surface area (Å²) in [5.41, 5.74) is 2.79. The number of aromatic nitrogens is 1. The van der Waals surface area contributed by atoms with E-state index in [-0.39, 0.29) is 17.0 Å². The van der Waals surface area contributed by atoms with Crippen molar-refractivity contribution in [2.24, 2.45) is 5.84 Å². The minimum absolute atomic E-state index is 0.253. The van der Waals surface area contributed by atoms with Crippen LogP contribution in [-0.4, -0.2) is 28.4 Å². The summed E-state index contributed by atoms with van der Waals surface area (Å²) in [4.78, 5) is 27.8. The maximum Gasteiger partial charge on any atom is 0.255 e. The fourth-order valence-corrected chi connectivity index (χ4v) is 1.52. The molecule has 0 saturated heterocycles. The Kier molecular flexibility index (Phi) is 5.04. The Morgan fingerprint density at radius 1 is 1.35 bits per heavy atom. The molecule has 0 aromatic carbocycles. The van der Waals surface area contributed by atoms with Gasteiger partial charge in [-0.2, -0.15) is 0 Å². The van der Waals surface area contributed by atoms with Crippen LogP contribution >= 0.6 is 0 Å². The van der Waals surface area contributed by atoms with Crippen LogP contribution in [0.15, 0.2) is 18.5 Å². The quantitative estimate of drug-likeness (QED) is 0.471. The summed E-state index contributed by atoms with van der Waals surface area (Å²) in [6.45, 7) is 7.23. The first-order valence-electron chi connectivity index (χ1n) is 6.28. The third-order valence-corrected chi connectivity index (χ3v) is 2.46. The second-order valence-corrected chi connectivity index (χ2v) is 5.50. The number of nitrogens with one attached hydrogen (secondary N) is 3. The van der Waals surface area contributed by atoms with Crippen LogP contribution in [-0.2, 0) is 4.79 Å². The Labute approximate surface area is 118 Å². The van der Waals surface area contributed by atoms with E-state index in [4.69, 9.17) is 5.84 Å². The molecule has 110 valence electrons. The van der Waals surface area contributed by atoms with Gasteiger partial charge in [-0.25, -0.2) is 0 Å². The van der Waals surface area contributed by atoms with Gasteiger partial charge in [-0.3, -0.25) is 20.4 Å². The molecule has 7 nitrogen and oxygen atoms in total. The molecule has 0 aliphatic heterocycles. The molecule has 5 N–H and O–H groups in total. The standard InChI is InChI=1S/C13H21N5O2/c1-8(11(19)17-13(2,3)4)16-12(20)9-7-15-6-5-10(9)18-14/h5-8H,14H2,1-4H3,(H,15,18)(H,16,20)(H,17,19). The molecule has 0 saturated carbocycles. The molecule has 1 rings (SSSR count). The SMILES string of the molecule is CC(NC(=O)c1cnccc1NN)C(=O)NC(C)(C)C. The number of pyridine rings is 1. The lowest BCUT2D eigenvalue weighted by atomic mass is 10.1. The zero-order chi connectivity index (χ0) is 15.3. The number of rotatable bonds is 4. The molecule has 0 bridgehead atoms.